The summed E-state index contributed by atoms with van der Waals surface area (Å²) in [5.74, 6) is 0.656. The molecule has 3 aromatic heterocycles. The standard InChI is InChI=1S/C24H23ClFN7O2.C9H17N/c1-5-17(34)33-7-6-13(11-33)32(3)23-15-9-27-22(20(26)21(15)29-24(30-23)35-4)18-14-10-28-31-16(14)8-12(2)19(18)25;1-8-6-9(2)4-3-5-10(9)7-8/h5,8-10,13H,1,6-7,11H2,2-4H3,(H,28,31);8H,3-7H2,1-2H3. The fourth-order valence-electron chi connectivity index (χ4n) is 7.36. The van der Waals surface area contributed by atoms with Crippen LogP contribution in [0.3, 0.4) is 0 Å². The Morgan fingerprint density at radius 2 is 2.07 bits per heavy atom. The van der Waals surface area contributed by atoms with Crippen molar-refractivity contribution in [3.05, 3.63) is 47.5 Å². The quantitative estimate of drug-likeness (QED) is 0.276. The Morgan fingerprint density at radius 1 is 1.27 bits per heavy atom. The smallest absolute Gasteiger partial charge is 0.318 e. The number of nitrogens with zero attached hydrogens (tertiary/aromatic N) is 7. The highest BCUT2D eigenvalue weighted by atomic mass is 35.5. The highest BCUT2D eigenvalue weighted by Gasteiger charge is 2.42. The topological polar surface area (TPSA) is 103 Å². The summed E-state index contributed by atoms with van der Waals surface area (Å²) in [7, 11) is 3.28. The number of H-pyrrole nitrogens is 1. The first kappa shape index (κ1) is 31.2. The monoisotopic (exact) mass is 634 g/mol. The molecule has 6 heterocycles. The van der Waals surface area contributed by atoms with E-state index < -0.39 is 5.82 Å². The van der Waals surface area contributed by atoms with Gasteiger partial charge in [-0.05, 0) is 69.7 Å². The number of ether oxygens (including phenoxy) is 1. The highest BCUT2D eigenvalue weighted by Crippen LogP contribution is 2.41. The van der Waals surface area contributed by atoms with E-state index in [2.05, 4.69) is 50.5 Å². The third kappa shape index (κ3) is 5.61. The number of methoxy groups -OCH3 is 1. The number of pyridine rings is 1. The van der Waals surface area contributed by atoms with Crippen LogP contribution < -0.4 is 9.64 Å². The molecule has 1 N–H and O–H groups in total. The van der Waals surface area contributed by atoms with Gasteiger partial charge < -0.3 is 14.5 Å². The first-order valence-corrected chi connectivity index (χ1v) is 15.8. The fraction of sp³-hybridized carbons (Fsp3) is 0.485. The number of halogens is 2. The second-order valence-corrected chi connectivity index (χ2v) is 13.2. The molecule has 0 bridgehead atoms. The van der Waals surface area contributed by atoms with Crippen molar-refractivity contribution in [2.45, 2.75) is 58.0 Å². The zero-order chi connectivity index (χ0) is 32.0. The van der Waals surface area contributed by atoms with Gasteiger partial charge in [-0.3, -0.25) is 19.8 Å². The molecule has 238 valence electrons. The molecule has 0 saturated carbocycles. The lowest BCUT2D eigenvalue weighted by molar-refractivity contribution is -0.125. The van der Waals surface area contributed by atoms with E-state index in [0.717, 1.165) is 23.4 Å². The molecule has 4 aromatic rings. The second kappa shape index (κ2) is 12.2. The van der Waals surface area contributed by atoms with Gasteiger partial charge in [-0.25, -0.2) is 4.39 Å². The normalized spacial score (nSPS) is 22.9. The molecule has 0 aliphatic carbocycles. The summed E-state index contributed by atoms with van der Waals surface area (Å²) in [6, 6.07) is 1.85. The van der Waals surface area contributed by atoms with E-state index in [9.17, 15) is 4.79 Å². The van der Waals surface area contributed by atoms with Crippen molar-refractivity contribution in [3.63, 3.8) is 0 Å². The van der Waals surface area contributed by atoms with Crippen LogP contribution in [-0.2, 0) is 4.79 Å². The molecule has 3 aliphatic rings. The van der Waals surface area contributed by atoms with Crippen molar-refractivity contribution in [1.82, 2.24) is 34.9 Å². The van der Waals surface area contributed by atoms with E-state index in [1.807, 2.05) is 24.9 Å². The first-order valence-electron chi connectivity index (χ1n) is 15.5. The van der Waals surface area contributed by atoms with Crippen LogP contribution in [0, 0.1) is 18.7 Å². The molecule has 7 rings (SSSR count). The Bertz CT molecular complexity index is 1780. The van der Waals surface area contributed by atoms with E-state index in [0.29, 0.717) is 45.8 Å². The number of aryl methyl sites for hydroxylation is 1. The molecule has 0 radical (unpaired) electrons. The minimum absolute atomic E-state index is 0.0243. The van der Waals surface area contributed by atoms with Crippen LogP contribution in [-0.4, -0.2) is 92.8 Å². The van der Waals surface area contributed by atoms with E-state index in [-0.39, 0.29) is 29.2 Å². The summed E-state index contributed by atoms with van der Waals surface area (Å²) in [5.41, 5.74) is 2.67. The second-order valence-electron chi connectivity index (χ2n) is 12.8. The number of aromatic nitrogens is 5. The number of benzene rings is 1. The molecule has 10 nitrogen and oxygen atoms in total. The molecule has 1 amide bonds. The number of carbonyl (C=O) groups is 1. The largest absolute Gasteiger partial charge is 0.467 e. The van der Waals surface area contributed by atoms with Gasteiger partial charge in [0, 0.05) is 55.4 Å². The number of anilines is 1. The molecule has 12 heteroatoms. The molecule has 1 aromatic carbocycles. The van der Waals surface area contributed by atoms with Crippen molar-refractivity contribution in [3.8, 4) is 17.3 Å². The minimum Gasteiger partial charge on any atom is -0.467 e. The Balaban J connectivity index is 0.000000301. The third-order valence-electron chi connectivity index (χ3n) is 9.69. The van der Waals surface area contributed by atoms with Crippen LogP contribution in [0.15, 0.2) is 31.1 Å². The zero-order valence-corrected chi connectivity index (χ0v) is 27.3. The highest BCUT2D eigenvalue weighted by molar-refractivity contribution is 6.35. The Kier molecular flexibility index (Phi) is 8.43. The third-order valence-corrected chi connectivity index (χ3v) is 10.2. The average Bonchev–Trinajstić information content (AvgIpc) is 3.82. The van der Waals surface area contributed by atoms with Gasteiger partial charge in [0.25, 0.3) is 0 Å². The fourth-order valence-corrected chi connectivity index (χ4v) is 7.61. The summed E-state index contributed by atoms with van der Waals surface area (Å²) in [4.78, 5) is 31.6. The number of likely N-dealkylation sites (N-methyl/N-ethyl adjacent to an activating group) is 1. The Hall–Kier alpha value is -3.83. The lowest BCUT2D eigenvalue weighted by Gasteiger charge is -2.27. The molecule has 45 heavy (non-hydrogen) atoms. The molecule has 3 fully saturated rings. The summed E-state index contributed by atoms with van der Waals surface area (Å²) >= 11 is 6.61. The molecule has 3 atom stereocenters. The number of rotatable bonds is 5. The van der Waals surface area contributed by atoms with Crippen LogP contribution in [0.5, 0.6) is 6.01 Å². The molecule has 0 spiro atoms. The predicted molar refractivity (Wildman–Crippen MR) is 175 cm³/mol. The number of hydrogen-bond acceptors (Lipinski definition) is 8. The van der Waals surface area contributed by atoms with Gasteiger partial charge in [0.05, 0.1) is 29.2 Å². The van der Waals surface area contributed by atoms with E-state index in [1.54, 1.807) is 17.3 Å². The maximum absolute atomic E-state index is 16.1. The summed E-state index contributed by atoms with van der Waals surface area (Å²) in [5, 5.41) is 8.44. The molecular formula is C33H40ClFN8O2. The summed E-state index contributed by atoms with van der Waals surface area (Å²) in [6.07, 6.45) is 9.49. The van der Waals surface area contributed by atoms with Crippen LogP contribution in [0.1, 0.15) is 45.1 Å². The van der Waals surface area contributed by atoms with Crippen molar-refractivity contribution < 1.29 is 13.9 Å². The van der Waals surface area contributed by atoms with Crippen LogP contribution in [0.4, 0.5) is 10.2 Å². The SMILES string of the molecule is C=CC(=O)N1CCC(N(C)c2nc(OC)nc3c(F)c(-c4c(Cl)c(C)cc5[nH]ncc45)ncc23)C1.CC1CN2CCCC2(C)C1. The number of fused-ring (bicyclic) bond motifs is 3. The van der Waals surface area contributed by atoms with E-state index in [1.165, 1.54) is 45.5 Å². The van der Waals surface area contributed by atoms with Gasteiger partial charge in [0.15, 0.2) is 5.82 Å². The minimum atomic E-state index is -0.636. The maximum Gasteiger partial charge on any atom is 0.318 e. The number of carbonyl (C=O) groups excluding carboxylic acids is 1. The predicted octanol–water partition coefficient (Wildman–Crippen LogP) is 5.78. The van der Waals surface area contributed by atoms with Gasteiger partial charge in [0.2, 0.25) is 5.91 Å². The summed E-state index contributed by atoms with van der Waals surface area (Å²) < 4.78 is 21.4. The average molecular weight is 635 g/mol. The van der Waals surface area contributed by atoms with Crippen molar-refractivity contribution >= 4 is 45.1 Å². The van der Waals surface area contributed by atoms with Gasteiger partial charge in [-0.1, -0.05) is 25.1 Å². The molecule has 3 unspecified atom stereocenters. The number of hydrogen-bond donors (Lipinski definition) is 1. The number of nitrogens with one attached hydrogen (secondary N) is 1. The summed E-state index contributed by atoms with van der Waals surface area (Å²) in [6.45, 7) is 14.0. The maximum atomic E-state index is 16.1. The lowest BCUT2D eigenvalue weighted by Crippen LogP contribution is -2.36. The van der Waals surface area contributed by atoms with Crippen molar-refractivity contribution in [2.75, 3.05) is 45.2 Å². The lowest BCUT2D eigenvalue weighted by atomic mass is 9.93. The van der Waals surface area contributed by atoms with Crippen molar-refractivity contribution in [1.29, 1.82) is 0 Å². The van der Waals surface area contributed by atoms with Crippen LogP contribution in [0.25, 0.3) is 33.1 Å². The first-order chi connectivity index (χ1) is 21.5. The van der Waals surface area contributed by atoms with E-state index in [4.69, 9.17) is 16.3 Å². The van der Waals surface area contributed by atoms with Gasteiger partial charge in [-0.15, -0.1) is 0 Å². The number of likely N-dealkylation sites (tertiary alicyclic amines) is 1. The van der Waals surface area contributed by atoms with Gasteiger partial charge in [0.1, 0.15) is 17.0 Å². The van der Waals surface area contributed by atoms with Crippen molar-refractivity contribution in [2.24, 2.45) is 5.92 Å². The zero-order valence-electron chi connectivity index (χ0n) is 26.5. The number of aromatic amines is 1. The van der Waals surface area contributed by atoms with Gasteiger partial charge >= 0.3 is 6.01 Å². The van der Waals surface area contributed by atoms with Crippen LogP contribution >= 0.6 is 11.6 Å². The molecule has 3 saturated heterocycles. The number of amides is 1. The molecule has 3 aliphatic heterocycles. The molecular weight excluding hydrogens is 595 g/mol. The van der Waals surface area contributed by atoms with Crippen LogP contribution in [0.2, 0.25) is 5.02 Å². The van der Waals surface area contributed by atoms with E-state index >= 15 is 4.39 Å². The van der Waals surface area contributed by atoms with Gasteiger partial charge in [-0.2, -0.15) is 15.1 Å². The Labute approximate surface area is 267 Å². The Morgan fingerprint density at radius 3 is 2.80 bits per heavy atom.